The molecule has 1 nitrogen and oxygen atoms in total. The molecule has 0 heterocycles. The largest absolute Gasteiger partial charge is 0.457 e. The van der Waals surface area contributed by atoms with E-state index in [4.69, 9.17) is 16.3 Å². The highest BCUT2D eigenvalue weighted by molar-refractivity contribution is 9.10. The Kier molecular flexibility index (Phi) is 4.65. The van der Waals surface area contributed by atoms with Gasteiger partial charge >= 0.3 is 0 Å². The van der Waals surface area contributed by atoms with Crippen molar-refractivity contribution in [2.24, 2.45) is 0 Å². The van der Waals surface area contributed by atoms with E-state index in [9.17, 15) is 4.39 Å². The number of hydrogen-bond donors (Lipinski definition) is 0. The number of rotatable bonds is 3. The molecule has 0 saturated heterocycles. The van der Waals surface area contributed by atoms with E-state index in [1.54, 1.807) is 6.07 Å². The Balaban J connectivity index is 2.33. The first-order chi connectivity index (χ1) is 8.60. The molecule has 0 saturated carbocycles. The molecular weight excluding hydrogens is 386 g/mol. The molecule has 0 radical (unpaired) electrons. The van der Waals surface area contributed by atoms with Crippen molar-refractivity contribution in [2.45, 2.75) is 5.33 Å². The molecule has 0 amide bonds. The Morgan fingerprint density at radius 3 is 2.61 bits per heavy atom. The van der Waals surface area contributed by atoms with Crippen LogP contribution in [-0.4, -0.2) is 0 Å². The summed E-state index contributed by atoms with van der Waals surface area (Å²) in [5.74, 6) is 0.588. The van der Waals surface area contributed by atoms with Gasteiger partial charge in [0.25, 0.3) is 0 Å². The van der Waals surface area contributed by atoms with Gasteiger partial charge in [-0.15, -0.1) is 0 Å². The van der Waals surface area contributed by atoms with Crippen molar-refractivity contribution in [2.75, 3.05) is 0 Å². The smallest absolute Gasteiger partial charge is 0.145 e. The Bertz CT molecular complexity index is 575. The van der Waals surface area contributed by atoms with E-state index < -0.39 is 5.82 Å². The molecule has 0 aliphatic heterocycles. The van der Waals surface area contributed by atoms with Crippen LogP contribution in [0.15, 0.2) is 40.9 Å². The molecule has 0 fully saturated rings. The number of hydrogen-bond acceptors (Lipinski definition) is 1. The Morgan fingerprint density at radius 2 is 1.94 bits per heavy atom. The minimum atomic E-state index is -0.496. The first-order valence-corrected chi connectivity index (χ1v) is 7.36. The van der Waals surface area contributed by atoms with E-state index >= 15 is 0 Å². The van der Waals surface area contributed by atoms with Crippen LogP contribution in [0.2, 0.25) is 5.02 Å². The van der Waals surface area contributed by atoms with Crippen LogP contribution >= 0.6 is 43.5 Å². The first kappa shape index (κ1) is 13.8. The van der Waals surface area contributed by atoms with Crippen molar-refractivity contribution < 1.29 is 9.13 Å². The fraction of sp³-hybridized carbons (Fsp3) is 0.0769. The molecule has 18 heavy (non-hydrogen) atoms. The predicted molar refractivity (Wildman–Crippen MR) is 78.3 cm³/mol. The number of alkyl halides is 1. The molecule has 0 bridgehead atoms. The maximum atomic E-state index is 13.3. The third kappa shape index (κ3) is 3.25. The molecule has 2 aromatic rings. The zero-order valence-corrected chi connectivity index (χ0v) is 13.0. The molecule has 5 heteroatoms. The summed E-state index contributed by atoms with van der Waals surface area (Å²) in [4.78, 5) is 0. The van der Waals surface area contributed by atoms with E-state index in [-0.39, 0.29) is 5.02 Å². The highest BCUT2D eigenvalue weighted by atomic mass is 79.9. The maximum absolute atomic E-state index is 13.3. The second-order valence-electron chi connectivity index (χ2n) is 3.56. The molecule has 0 aliphatic carbocycles. The minimum absolute atomic E-state index is 0.0808. The van der Waals surface area contributed by atoms with Crippen molar-refractivity contribution in [3.8, 4) is 11.5 Å². The van der Waals surface area contributed by atoms with Gasteiger partial charge in [-0.3, -0.25) is 0 Å². The van der Waals surface area contributed by atoms with Crippen LogP contribution in [-0.2, 0) is 5.33 Å². The quantitative estimate of drug-likeness (QED) is 0.587. The molecule has 0 atom stereocenters. The third-order valence-corrected chi connectivity index (χ3v) is 3.70. The van der Waals surface area contributed by atoms with Crippen LogP contribution < -0.4 is 4.74 Å². The van der Waals surface area contributed by atoms with Crippen molar-refractivity contribution in [1.29, 1.82) is 0 Å². The van der Waals surface area contributed by atoms with Gasteiger partial charge in [0.1, 0.15) is 17.3 Å². The van der Waals surface area contributed by atoms with E-state index in [1.807, 2.05) is 18.2 Å². The lowest BCUT2D eigenvalue weighted by atomic mass is 10.2. The van der Waals surface area contributed by atoms with Gasteiger partial charge in [0.05, 0.1) is 5.02 Å². The lowest BCUT2D eigenvalue weighted by molar-refractivity contribution is 0.472. The summed E-state index contributed by atoms with van der Waals surface area (Å²) < 4.78 is 19.9. The van der Waals surface area contributed by atoms with Crippen LogP contribution in [0, 0.1) is 5.82 Å². The average molecular weight is 394 g/mol. The minimum Gasteiger partial charge on any atom is -0.457 e. The standard InChI is InChI=1S/C13H8Br2ClFO/c14-7-8-1-2-9(15)5-13(8)18-10-3-4-11(16)12(17)6-10/h1-6H,7H2. The third-order valence-electron chi connectivity index (χ3n) is 2.29. The van der Waals surface area contributed by atoms with Gasteiger partial charge < -0.3 is 4.74 Å². The Labute approximate surface area is 126 Å². The molecule has 0 N–H and O–H groups in total. The SMILES string of the molecule is Fc1cc(Oc2cc(Br)ccc2CBr)ccc1Cl. The maximum Gasteiger partial charge on any atom is 0.145 e. The summed E-state index contributed by atoms with van der Waals surface area (Å²) in [6, 6.07) is 10.1. The zero-order chi connectivity index (χ0) is 13.1. The summed E-state index contributed by atoms with van der Waals surface area (Å²) in [7, 11) is 0. The van der Waals surface area contributed by atoms with Crippen LogP contribution in [0.5, 0.6) is 11.5 Å². The summed E-state index contributed by atoms with van der Waals surface area (Å²) in [5, 5.41) is 0.739. The lowest BCUT2D eigenvalue weighted by Crippen LogP contribution is -1.90. The molecule has 2 rings (SSSR count). The molecule has 0 spiro atoms. The van der Waals surface area contributed by atoms with Crippen molar-refractivity contribution in [3.05, 3.63) is 57.3 Å². The van der Waals surface area contributed by atoms with Crippen LogP contribution in [0.4, 0.5) is 4.39 Å². The molecule has 2 aromatic carbocycles. The molecule has 94 valence electrons. The summed E-state index contributed by atoms with van der Waals surface area (Å²) in [6.07, 6.45) is 0. The van der Waals surface area contributed by atoms with Gasteiger partial charge in [-0.1, -0.05) is 49.5 Å². The fourth-order valence-corrected chi connectivity index (χ4v) is 2.32. The second-order valence-corrected chi connectivity index (χ2v) is 5.45. The predicted octanol–water partition coefficient (Wildman–Crippen LogP) is 5.93. The van der Waals surface area contributed by atoms with Gasteiger partial charge in [0.15, 0.2) is 0 Å². The summed E-state index contributed by atoms with van der Waals surface area (Å²) in [6.45, 7) is 0. The number of halogens is 4. The highest BCUT2D eigenvalue weighted by Gasteiger charge is 2.07. The highest BCUT2D eigenvalue weighted by Crippen LogP contribution is 2.31. The van der Waals surface area contributed by atoms with Crippen LogP contribution in [0.1, 0.15) is 5.56 Å². The number of benzene rings is 2. The van der Waals surface area contributed by atoms with Crippen LogP contribution in [0.3, 0.4) is 0 Å². The van der Waals surface area contributed by atoms with E-state index in [1.165, 1.54) is 12.1 Å². The molecular formula is C13H8Br2ClFO. The van der Waals surface area contributed by atoms with Gasteiger partial charge in [-0.2, -0.15) is 0 Å². The zero-order valence-electron chi connectivity index (χ0n) is 9.09. The van der Waals surface area contributed by atoms with Gasteiger partial charge in [0, 0.05) is 21.4 Å². The number of ether oxygens (including phenoxy) is 1. The van der Waals surface area contributed by atoms with Crippen LogP contribution in [0.25, 0.3) is 0 Å². The molecule has 0 unspecified atom stereocenters. The normalized spacial score (nSPS) is 10.4. The Morgan fingerprint density at radius 1 is 1.17 bits per heavy atom. The van der Waals surface area contributed by atoms with Gasteiger partial charge in [-0.25, -0.2) is 4.39 Å². The fourth-order valence-electron chi connectivity index (χ4n) is 1.40. The Hall–Kier alpha value is -0.580. The second kappa shape index (κ2) is 6.04. The monoisotopic (exact) mass is 392 g/mol. The lowest BCUT2D eigenvalue weighted by Gasteiger charge is -2.10. The first-order valence-electron chi connectivity index (χ1n) is 5.07. The van der Waals surface area contributed by atoms with Crippen molar-refractivity contribution in [3.63, 3.8) is 0 Å². The van der Waals surface area contributed by atoms with Crippen molar-refractivity contribution >= 4 is 43.5 Å². The van der Waals surface area contributed by atoms with Crippen molar-refractivity contribution in [1.82, 2.24) is 0 Å². The molecule has 0 aromatic heterocycles. The van der Waals surface area contributed by atoms with Gasteiger partial charge in [-0.05, 0) is 24.3 Å². The molecule has 0 aliphatic rings. The van der Waals surface area contributed by atoms with E-state index in [0.717, 1.165) is 10.0 Å². The van der Waals surface area contributed by atoms with Gasteiger partial charge in [0.2, 0.25) is 0 Å². The average Bonchev–Trinajstić information content (AvgIpc) is 2.34. The summed E-state index contributed by atoms with van der Waals surface area (Å²) >= 11 is 12.4. The topological polar surface area (TPSA) is 9.23 Å². The van der Waals surface area contributed by atoms with E-state index in [2.05, 4.69) is 31.9 Å². The summed E-state index contributed by atoms with van der Waals surface area (Å²) in [5.41, 5.74) is 0.980. The van der Waals surface area contributed by atoms with E-state index in [0.29, 0.717) is 16.8 Å².